The van der Waals surface area contributed by atoms with E-state index in [9.17, 15) is 9.90 Å². The molecule has 6 nitrogen and oxygen atoms in total. The number of rotatable bonds is 2. The number of aryl methyl sites for hydroxylation is 1. The first-order valence-corrected chi connectivity index (χ1v) is 4.26. The van der Waals surface area contributed by atoms with Crippen molar-refractivity contribution in [3.8, 4) is 11.4 Å². The van der Waals surface area contributed by atoms with Gasteiger partial charge in [0.15, 0.2) is 12.1 Å². The van der Waals surface area contributed by atoms with Crippen LogP contribution < -0.4 is 0 Å². The van der Waals surface area contributed by atoms with E-state index >= 15 is 0 Å². The van der Waals surface area contributed by atoms with E-state index in [1.54, 1.807) is 13.0 Å². The zero-order valence-corrected chi connectivity index (χ0v) is 7.95. The van der Waals surface area contributed by atoms with Crippen molar-refractivity contribution in [3.63, 3.8) is 0 Å². The minimum Gasteiger partial charge on any atom is -0.507 e. The number of aromatic nitrogens is 4. The minimum atomic E-state index is -0.0560. The van der Waals surface area contributed by atoms with Gasteiger partial charge in [-0.1, -0.05) is 0 Å². The molecule has 1 N–H and O–H groups in total. The molecule has 1 aromatic heterocycles. The van der Waals surface area contributed by atoms with Crippen LogP contribution in [-0.2, 0) is 0 Å². The topological polar surface area (TPSA) is 80.9 Å². The maximum atomic E-state index is 10.6. The fraction of sp³-hybridized carbons (Fsp3) is 0.111. The van der Waals surface area contributed by atoms with Crippen LogP contribution in [0.2, 0.25) is 0 Å². The van der Waals surface area contributed by atoms with Crippen LogP contribution in [0.4, 0.5) is 0 Å². The molecule has 2 rings (SSSR count). The van der Waals surface area contributed by atoms with E-state index in [0.29, 0.717) is 17.8 Å². The lowest BCUT2D eigenvalue weighted by Gasteiger charge is -2.03. The van der Waals surface area contributed by atoms with Gasteiger partial charge in [-0.2, -0.15) is 4.68 Å². The van der Waals surface area contributed by atoms with Crippen LogP contribution in [0.1, 0.15) is 16.2 Å². The Morgan fingerprint density at radius 1 is 1.47 bits per heavy atom. The highest BCUT2D eigenvalue weighted by Crippen LogP contribution is 2.18. The van der Waals surface area contributed by atoms with Gasteiger partial charge in [-0.3, -0.25) is 4.79 Å². The molecule has 1 aromatic carbocycles. The standard InChI is InChI=1S/C9H8N4O2/c1-6-10-11-12-13(6)8-2-3-9(15)7(4-8)5-14/h2-5,15H,1H3. The molecule has 0 aliphatic heterocycles. The molecular formula is C9H8N4O2. The molecule has 2 aromatic rings. The zero-order valence-electron chi connectivity index (χ0n) is 7.95. The lowest BCUT2D eigenvalue weighted by molar-refractivity contribution is 0.112. The van der Waals surface area contributed by atoms with Crippen molar-refractivity contribution in [1.29, 1.82) is 0 Å². The van der Waals surface area contributed by atoms with Gasteiger partial charge in [-0.15, -0.1) is 5.10 Å². The van der Waals surface area contributed by atoms with Gasteiger partial charge >= 0.3 is 0 Å². The summed E-state index contributed by atoms with van der Waals surface area (Å²) < 4.78 is 1.48. The number of aromatic hydroxyl groups is 1. The zero-order chi connectivity index (χ0) is 10.8. The van der Waals surface area contributed by atoms with Crippen molar-refractivity contribution in [3.05, 3.63) is 29.6 Å². The number of nitrogens with zero attached hydrogens (tertiary/aromatic N) is 4. The van der Waals surface area contributed by atoms with Gasteiger partial charge in [0.2, 0.25) is 0 Å². The van der Waals surface area contributed by atoms with Crippen molar-refractivity contribution >= 4 is 6.29 Å². The number of hydrogen-bond donors (Lipinski definition) is 1. The van der Waals surface area contributed by atoms with Crippen LogP contribution in [0, 0.1) is 6.92 Å². The van der Waals surface area contributed by atoms with Crippen LogP contribution in [0.25, 0.3) is 5.69 Å². The van der Waals surface area contributed by atoms with E-state index in [0.717, 1.165) is 0 Å². The first kappa shape index (κ1) is 9.32. The van der Waals surface area contributed by atoms with E-state index in [1.165, 1.54) is 16.8 Å². The molecule has 0 spiro atoms. The van der Waals surface area contributed by atoms with Gasteiger partial charge in [0, 0.05) is 0 Å². The fourth-order valence-electron chi connectivity index (χ4n) is 1.24. The van der Waals surface area contributed by atoms with Crippen LogP contribution in [0.5, 0.6) is 5.75 Å². The molecule has 0 aliphatic carbocycles. The second-order valence-electron chi connectivity index (χ2n) is 3.00. The van der Waals surface area contributed by atoms with Gasteiger partial charge in [0.1, 0.15) is 5.75 Å². The Morgan fingerprint density at radius 3 is 2.87 bits per heavy atom. The highest BCUT2D eigenvalue weighted by molar-refractivity contribution is 5.80. The molecular weight excluding hydrogens is 196 g/mol. The minimum absolute atomic E-state index is 0.0560. The number of aldehydes is 1. The molecule has 15 heavy (non-hydrogen) atoms. The molecule has 0 atom stereocenters. The lowest BCUT2D eigenvalue weighted by atomic mass is 10.2. The second-order valence-corrected chi connectivity index (χ2v) is 3.00. The molecule has 6 heteroatoms. The first-order valence-electron chi connectivity index (χ1n) is 4.26. The van der Waals surface area contributed by atoms with Crippen molar-refractivity contribution in [1.82, 2.24) is 20.2 Å². The van der Waals surface area contributed by atoms with E-state index in [1.807, 2.05) is 0 Å². The molecule has 0 aliphatic rings. The highest BCUT2D eigenvalue weighted by atomic mass is 16.3. The van der Waals surface area contributed by atoms with Gasteiger partial charge in [-0.05, 0) is 35.5 Å². The Kier molecular flexibility index (Phi) is 2.17. The maximum Gasteiger partial charge on any atom is 0.153 e. The molecule has 0 saturated heterocycles. The Labute approximate surface area is 85.2 Å². The molecule has 1 heterocycles. The number of tetrazole rings is 1. The van der Waals surface area contributed by atoms with Crippen LogP contribution in [0.3, 0.4) is 0 Å². The van der Waals surface area contributed by atoms with Crippen LogP contribution in [-0.4, -0.2) is 31.6 Å². The summed E-state index contributed by atoms with van der Waals surface area (Å²) in [6.07, 6.45) is 0.582. The number of hydrogen-bond acceptors (Lipinski definition) is 5. The number of benzene rings is 1. The molecule has 0 bridgehead atoms. The summed E-state index contributed by atoms with van der Waals surface area (Å²) in [5, 5.41) is 20.3. The lowest BCUT2D eigenvalue weighted by Crippen LogP contribution is -2.00. The number of carbonyl (C=O) groups excluding carboxylic acids is 1. The molecule has 0 saturated carbocycles. The molecule has 76 valence electrons. The van der Waals surface area contributed by atoms with Gasteiger partial charge in [0.25, 0.3) is 0 Å². The highest BCUT2D eigenvalue weighted by Gasteiger charge is 2.06. The van der Waals surface area contributed by atoms with Crippen LogP contribution in [0.15, 0.2) is 18.2 Å². The van der Waals surface area contributed by atoms with E-state index in [-0.39, 0.29) is 11.3 Å². The van der Waals surface area contributed by atoms with Gasteiger partial charge < -0.3 is 5.11 Å². The third kappa shape index (κ3) is 1.56. The van der Waals surface area contributed by atoms with Gasteiger partial charge in [0.05, 0.1) is 11.3 Å². The summed E-state index contributed by atoms with van der Waals surface area (Å²) in [6, 6.07) is 4.58. The van der Waals surface area contributed by atoms with Crippen molar-refractivity contribution in [2.24, 2.45) is 0 Å². The Hall–Kier alpha value is -2.24. The maximum absolute atomic E-state index is 10.6. The summed E-state index contributed by atoms with van der Waals surface area (Å²) in [5.41, 5.74) is 0.847. The summed E-state index contributed by atoms with van der Waals surface area (Å²) in [6.45, 7) is 1.74. The summed E-state index contributed by atoms with van der Waals surface area (Å²) in [7, 11) is 0. The first-order chi connectivity index (χ1) is 7.22. The van der Waals surface area contributed by atoms with E-state index in [2.05, 4.69) is 15.5 Å². The number of phenolic OH excluding ortho intramolecular Hbond substituents is 1. The average Bonchev–Trinajstić information content (AvgIpc) is 2.65. The smallest absolute Gasteiger partial charge is 0.153 e. The Bertz CT molecular complexity index is 507. The van der Waals surface area contributed by atoms with E-state index < -0.39 is 0 Å². The predicted molar refractivity (Wildman–Crippen MR) is 50.9 cm³/mol. The summed E-state index contributed by atoms with van der Waals surface area (Å²) >= 11 is 0. The fourth-order valence-corrected chi connectivity index (χ4v) is 1.24. The third-order valence-corrected chi connectivity index (χ3v) is 2.01. The van der Waals surface area contributed by atoms with Crippen molar-refractivity contribution in [2.45, 2.75) is 6.92 Å². The molecule has 0 fully saturated rings. The molecule has 0 amide bonds. The van der Waals surface area contributed by atoms with Gasteiger partial charge in [-0.25, -0.2) is 0 Å². The molecule has 0 radical (unpaired) electrons. The second kappa shape index (κ2) is 3.49. The number of carbonyl (C=O) groups is 1. The van der Waals surface area contributed by atoms with Crippen molar-refractivity contribution in [2.75, 3.05) is 0 Å². The third-order valence-electron chi connectivity index (χ3n) is 2.01. The van der Waals surface area contributed by atoms with E-state index in [4.69, 9.17) is 0 Å². The summed E-state index contributed by atoms with van der Waals surface area (Å²) in [4.78, 5) is 10.6. The Balaban J connectivity index is 2.55. The largest absolute Gasteiger partial charge is 0.507 e. The normalized spacial score (nSPS) is 10.2. The summed E-state index contributed by atoms with van der Waals surface area (Å²) in [5.74, 6) is 0.553. The Morgan fingerprint density at radius 2 is 2.27 bits per heavy atom. The SMILES string of the molecule is Cc1nnnn1-c1ccc(O)c(C=O)c1. The average molecular weight is 204 g/mol. The monoisotopic (exact) mass is 204 g/mol. The van der Waals surface area contributed by atoms with Crippen LogP contribution >= 0.6 is 0 Å². The quantitative estimate of drug-likeness (QED) is 0.720. The van der Waals surface area contributed by atoms with Crippen molar-refractivity contribution < 1.29 is 9.90 Å². The molecule has 0 unspecified atom stereocenters. The predicted octanol–water partition coefficient (Wildman–Crippen LogP) is 0.489. The number of phenols is 1.